The van der Waals surface area contributed by atoms with Crippen molar-refractivity contribution >= 4 is 11.9 Å². The van der Waals surface area contributed by atoms with E-state index in [0.717, 1.165) is 0 Å². The van der Waals surface area contributed by atoms with Gasteiger partial charge in [0.25, 0.3) is 0 Å². The maximum atomic E-state index is 12.4. The Balaban J connectivity index is 1.44. The molecule has 0 unspecified atom stereocenters. The smallest absolute Gasteiger partial charge is 0.340 e. The first-order valence-electron chi connectivity index (χ1n) is 9.35. The average molecular weight is 388 g/mol. The molecule has 3 aromatic rings. The number of aromatic carboxylic acids is 1. The molecule has 0 spiro atoms. The molecular formula is C23H20N2O4. The lowest BCUT2D eigenvalue weighted by Crippen LogP contribution is -2.54. The summed E-state index contributed by atoms with van der Waals surface area (Å²) in [5.74, 6) is -1.68. The average Bonchev–Trinajstić information content (AvgIpc) is 2.73. The van der Waals surface area contributed by atoms with Crippen molar-refractivity contribution in [3.63, 3.8) is 0 Å². The van der Waals surface area contributed by atoms with Gasteiger partial charge in [0.15, 0.2) is 0 Å². The first kappa shape index (κ1) is 18.8. The zero-order chi connectivity index (χ0) is 20.2. The summed E-state index contributed by atoms with van der Waals surface area (Å²) in [7, 11) is 0. The van der Waals surface area contributed by atoms with Crippen LogP contribution in [0.4, 0.5) is 0 Å². The van der Waals surface area contributed by atoms with Gasteiger partial charge in [-0.05, 0) is 17.2 Å². The highest BCUT2D eigenvalue weighted by Gasteiger charge is 2.36. The number of esters is 1. The van der Waals surface area contributed by atoms with E-state index in [4.69, 9.17) is 9.84 Å². The van der Waals surface area contributed by atoms with Crippen LogP contribution in [-0.2, 0) is 4.74 Å². The fourth-order valence-corrected chi connectivity index (χ4v) is 3.53. The highest BCUT2D eigenvalue weighted by atomic mass is 16.5. The number of carbonyl (C=O) groups excluding carboxylic acids is 1. The molecule has 146 valence electrons. The molecule has 1 aliphatic heterocycles. The molecule has 6 heteroatoms. The molecule has 1 saturated heterocycles. The third kappa shape index (κ3) is 4.17. The zero-order valence-electron chi connectivity index (χ0n) is 15.6. The van der Waals surface area contributed by atoms with E-state index in [-0.39, 0.29) is 23.3 Å². The quantitative estimate of drug-likeness (QED) is 0.652. The molecule has 1 aliphatic rings. The molecule has 0 aliphatic carbocycles. The molecule has 1 fully saturated rings. The van der Waals surface area contributed by atoms with Crippen LogP contribution in [0.2, 0.25) is 0 Å². The molecule has 0 atom stereocenters. The van der Waals surface area contributed by atoms with Crippen molar-refractivity contribution < 1.29 is 19.4 Å². The number of hydrogen-bond donors (Lipinski definition) is 1. The number of likely N-dealkylation sites (tertiary alicyclic amines) is 1. The van der Waals surface area contributed by atoms with Crippen LogP contribution in [-0.4, -0.2) is 46.1 Å². The number of aromatic nitrogens is 1. The minimum Gasteiger partial charge on any atom is -0.478 e. The van der Waals surface area contributed by atoms with Gasteiger partial charge in [0.1, 0.15) is 6.10 Å². The molecule has 0 saturated carbocycles. The Labute approximate surface area is 168 Å². The summed E-state index contributed by atoms with van der Waals surface area (Å²) >= 11 is 0. The molecule has 1 N–H and O–H groups in total. The van der Waals surface area contributed by atoms with Crippen LogP contribution in [0.5, 0.6) is 0 Å². The Hall–Kier alpha value is -3.51. The molecular weight excluding hydrogens is 368 g/mol. The maximum absolute atomic E-state index is 12.4. The van der Waals surface area contributed by atoms with Crippen molar-refractivity contribution in [2.45, 2.75) is 12.1 Å². The van der Waals surface area contributed by atoms with Crippen LogP contribution in [0.1, 0.15) is 37.9 Å². The van der Waals surface area contributed by atoms with E-state index in [2.05, 4.69) is 34.1 Å². The third-order valence-electron chi connectivity index (χ3n) is 4.97. The normalized spacial score (nSPS) is 14.4. The lowest BCUT2D eigenvalue weighted by Gasteiger charge is -2.44. The van der Waals surface area contributed by atoms with E-state index < -0.39 is 11.9 Å². The molecule has 6 nitrogen and oxygen atoms in total. The van der Waals surface area contributed by atoms with Crippen molar-refractivity contribution in [3.05, 3.63) is 101 Å². The largest absolute Gasteiger partial charge is 0.478 e. The van der Waals surface area contributed by atoms with Crippen molar-refractivity contribution in [3.8, 4) is 0 Å². The molecule has 2 heterocycles. The summed E-state index contributed by atoms with van der Waals surface area (Å²) in [6.45, 7) is 1.21. The number of carboxylic acid groups (broad SMARTS) is 1. The topological polar surface area (TPSA) is 79.7 Å². The lowest BCUT2D eigenvalue weighted by atomic mass is 9.94. The molecule has 4 rings (SSSR count). The van der Waals surface area contributed by atoms with Crippen molar-refractivity contribution in [1.29, 1.82) is 0 Å². The van der Waals surface area contributed by atoms with Crippen LogP contribution in [0.25, 0.3) is 0 Å². The zero-order valence-corrected chi connectivity index (χ0v) is 15.6. The SMILES string of the molecule is O=C(O)c1cncc(C(=O)OC2CN(C(c3ccccc3)c3ccccc3)C2)c1. The first-order chi connectivity index (χ1) is 14.1. The van der Waals surface area contributed by atoms with Crippen LogP contribution in [0, 0.1) is 0 Å². The molecule has 1 aromatic heterocycles. The number of ether oxygens (including phenoxy) is 1. The van der Waals surface area contributed by atoms with E-state index in [1.807, 2.05) is 36.4 Å². The van der Waals surface area contributed by atoms with Gasteiger partial charge < -0.3 is 9.84 Å². The van der Waals surface area contributed by atoms with Gasteiger partial charge in [0, 0.05) is 25.5 Å². The van der Waals surface area contributed by atoms with Gasteiger partial charge >= 0.3 is 11.9 Å². The Morgan fingerprint density at radius 1 is 0.931 bits per heavy atom. The predicted molar refractivity (Wildman–Crippen MR) is 107 cm³/mol. The maximum Gasteiger partial charge on any atom is 0.340 e. The number of carbonyl (C=O) groups is 2. The molecule has 0 bridgehead atoms. The van der Waals surface area contributed by atoms with Gasteiger partial charge in [-0.15, -0.1) is 0 Å². The lowest BCUT2D eigenvalue weighted by molar-refractivity contribution is -0.0419. The molecule has 0 radical (unpaired) electrons. The van der Waals surface area contributed by atoms with Gasteiger partial charge in [0.05, 0.1) is 17.2 Å². The van der Waals surface area contributed by atoms with E-state index >= 15 is 0 Å². The van der Waals surface area contributed by atoms with E-state index in [0.29, 0.717) is 13.1 Å². The number of pyridine rings is 1. The number of rotatable bonds is 6. The monoisotopic (exact) mass is 388 g/mol. The second-order valence-corrected chi connectivity index (χ2v) is 6.97. The first-order valence-corrected chi connectivity index (χ1v) is 9.35. The summed E-state index contributed by atoms with van der Waals surface area (Å²) in [6.07, 6.45) is 2.28. The Morgan fingerprint density at radius 2 is 1.48 bits per heavy atom. The summed E-state index contributed by atoms with van der Waals surface area (Å²) in [4.78, 5) is 29.5. The van der Waals surface area contributed by atoms with Crippen molar-refractivity contribution in [2.24, 2.45) is 0 Å². The predicted octanol–water partition coefficient (Wildman–Crippen LogP) is 3.41. The summed E-state index contributed by atoms with van der Waals surface area (Å²) in [5.41, 5.74) is 2.47. The fourth-order valence-electron chi connectivity index (χ4n) is 3.53. The molecule has 0 amide bonds. The number of hydrogen-bond acceptors (Lipinski definition) is 5. The van der Waals surface area contributed by atoms with Gasteiger partial charge in [-0.2, -0.15) is 0 Å². The van der Waals surface area contributed by atoms with Gasteiger partial charge in [0.2, 0.25) is 0 Å². The van der Waals surface area contributed by atoms with Crippen molar-refractivity contribution in [1.82, 2.24) is 9.88 Å². The van der Waals surface area contributed by atoms with Gasteiger partial charge in [-0.25, -0.2) is 9.59 Å². The summed E-state index contributed by atoms with van der Waals surface area (Å²) in [6, 6.07) is 21.8. The van der Waals surface area contributed by atoms with Crippen molar-refractivity contribution in [2.75, 3.05) is 13.1 Å². The number of nitrogens with zero attached hydrogens (tertiary/aromatic N) is 2. The number of carboxylic acids is 1. The van der Waals surface area contributed by atoms with E-state index in [1.165, 1.54) is 29.6 Å². The highest BCUT2D eigenvalue weighted by Crippen LogP contribution is 2.33. The summed E-state index contributed by atoms with van der Waals surface area (Å²) in [5, 5.41) is 9.04. The highest BCUT2D eigenvalue weighted by molar-refractivity contribution is 5.94. The number of benzene rings is 2. The fraction of sp³-hybridized carbons (Fsp3) is 0.174. The van der Waals surface area contributed by atoms with Crippen LogP contribution in [0.15, 0.2) is 79.1 Å². The Kier molecular flexibility index (Phi) is 5.35. The van der Waals surface area contributed by atoms with E-state index in [1.54, 1.807) is 0 Å². The molecule has 29 heavy (non-hydrogen) atoms. The minimum atomic E-state index is -1.13. The van der Waals surface area contributed by atoms with Crippen LogP contribution >= 0.6 is 0 Å². The van der Waals surface area contributed by atoms with Gasteiger partial charge in [-0.1, -0.05) is 60.7 Å². The second kappa shape index (κ2) is 8.24. The second-order valence-electron chi connectivity index (χ2n) is 6.97. The Morgan fingerprint density at radius 3 is 2.03 bits per heavy atom. The van der Waals surface area contributed by atoms with Crippen LogP contribution < -0.4 is 0 Å². The summed E-state index contributed by atoms with van der Waals surface area (Å²) < 4.78 is 5.55. The standard InChI is InChI=1S/C23H20N2O4/c26-22(27)18-11-19(13-24-12-18)23(28)29-20-14-25(15-20)21(16-7-3-1-4-8-16)17-9-5-2-6-10-17/h1-13,20-21H,14-15H2,(H,26,27). The van der Waals surface area contributed by atoms with Gasteiger partial charge in [-0.3, -0.25) is 9.88 Å². The van der Waals surface area contributed by atoms with E-state index in [9.17, 15) is 9.59 Å². The Bertz CT molecular complexity index is 962. The third-order valence-corrected chi connectivity index (χ3v) is 4.97. The van der Waals surface area contributed by atoms with Crippen LogP contribution in [0.3, 0.4) is 0 Å². The molecule has 2 aromatic carbocycles. The minimum absolute atomic E-state index is 0.0390.